The van der Waals surface area contributed by atoms with Gasteiger partial charge in [-0.1, -0.05) is 6.07 Å². The molecule has 1 atom stereocenters. The first-order valence-electron chi connectivity index (χ1n) is 3.92. The minimum absolute atomic E-state index is 0.00968. The van der Waals surface area contributed by atoms with Crippen LogP contribution in [-0.4, -0.2) is 23.9 Å². The molecule has 0 aliphatic heterocycles. The van der Waals surface area contributed by atoms with Gasteiger partial charge in [0.05, 0.1) is 18.2 Å². The van der Waals surface area contributed by atoms with Gasteiger partial charge in [0.2, 0.25) is 0 Å². The number of ether oxygens (including phenoxy) is 1. The third-order valence-electron chi connectivity index (χ3n) is 1.78. The van der Waals surface area contributed by atoms with Crippen molar-refractivity contribution >= 4 is 0 Å². The van der Waals surface area contributed by atoms with Gasteiger partial charge in [0.15, 0.2) is 0 Å². The molecule has 0 spiro atoms. The van der Waals surface area contributed by atoms with E-state index >= 15 is 0 Å². The molecule has 0 saturated heterocycles. The first-order chi connectivity index (χ1) is 6.16. The first-order valence-corrected chi connectivity index (χ1v) is 3.92. The van der Waals surface area contributed by atoms with E-state index in [0.29, 0.717) is 5.56 Å². The van der Waals surface area contributed by atoms with Crippen LogP contribution < -0.4 is 5.73 Å². The summed E-state index contributed by atoms with van der Waals surface area (Å²) in [7, 11) is 1.51. The van der Waals surface area contributed by atoms with Crippen molar-refractivity contribution in [1.82, 2.24) is 0 Å². The Hall–Kier alpha value is -1.26. The molecule has 1 unspecified atom stereocenters. The van der Waals surface area contributed by atoms with Crippen LogP contribution in [0.3, 0.4) is 0 Å². The minimum Gasteiger partial charge on any atom is -0.507 e. The molecule has 0 aromatic heterocycles. The van der Waals surface area contributed by atoms with Crippen molar-refractivity contribution in [2.24, 2.45) is 5.73 Å². The number of aromatic hydroxyl groups is 2. The monoisotopic (exact) mass is 183 g/mol. The van der Waals surface area contributed by atoms with E-state index in [1.807, 2.05) is 0 Å². The summed E-state index contributed by atoms with van der Waals surface area (Å²) >= 11 is 0. The van der Waals surface area contributed by atoms with Crippen molar-refractivity contribution in [2.75, 3.05) is 13.7 Å². The summed E-state index contributed by atoms with van der Waals surface area (Å²) in [5, 5.41) is 18.8. The van der Waals surface area contributed by atoms with E-state index in [4.69, 9.17) is 10.5 Å². The number of benzene rings is 1. The summed E-state index contributed by atoms with van der Waals surface area (Å²) in [6.45, 7) is 0.255. The topological polar surface area (TPSA) is 75.7 Å². The normalized spacial score (nSPS) is 12.8. The fourth-order valence-corrected chi connectivity index (χ4v) is 1.18. The Morgan fingerprint density at radius 1 is 1.38 bits per heavy atom. The minimum atomic E-state index is -0.508. The first kappa shape index (κ1) is 9.83. The number of hydrogen-bond acceptors (Lipinski definition) is 4. The highest BCUT2D eigenvalue weighted by molar-refractivity contribution is 5.45. The van der Waals surface area contributed by atoms with Crippen molar-refractivity contribution in [3.63, 3.8) is 0 Å². The highest BCUT2D eigenvalue weighted by Crippen LogP contribution is 2.30. The molecule has 1 rings (SSSR count). The molecule has 13 heavy (non-hydrogen) atoms. The number of rotatable bonds is 3. The summed E-state index contributed by atoms with van der Waals surface area (Å²) < 4.78 is 4.82. The van der Waals surface area contributed by atoms with Crippen LogP contribution in [0, 0.1) is 0 Å². The molecule has 1 aromatic rings. The molecule has 0 heterocycles. The molecular formula is C9H13NO3. The second kappa shape index (κ2) is 4.11. The van der Waals surface area contributed by atoms with Crippen molar-refractivity contribution in [1.29, 1.82) is 0 Å². The van der Waals surface area contributed by atoms with Crippen LogP contribution in [0.2, 0.25) is 0 Å². The largest absolute Gasteiger partial charge is 0.507 e. The Kier molecular flexibility index (Phi) is 3.11. The van der Waals surface area contributed by atoms with Gasteiger partial charge in [-0.15, -0.1) is 0 Å². The lowest BCUT2D eigenvalue weighted by Gasteiger charge is -2.13. The van der Waals surface area contributed by atoms with E-state index < -0.39 is 6.04 Å². The predicted octanol–water partition coefficient (Wildman–Crippen LogP) is 0.744. The Morgan fingerprint density at radius 2 is 1.92 bits per heavy atom. The van der Waals surface area contributed by atoms with Gasteiger partial charge in [0.1, 0.15) is 11.5 Å². The molecule has 0 amide bonds. The summed E-state index contributed by atoms with van der Waals surface area (Å²) in [6, 6.07) is 3.99. The van der Waals surface area contributed by atoms with E-state index in [9.17, 15) is 10.2 Å². The second-order valence-corrected chi connectivity index (χ2v) is 2.77. The van der Waals surface area contributed by atoms with Crippen LogP contribution in [-0.2, 0) is 4.74 Å². The number of phenols is 2. The number of phenolic OH excluding ortho intramolecular Hbond substituents is 2. The molecule has 4 heteroatoms. The maximum Gasteiger partial charge on any atom is 0.124 e. The molecular weight excluding hydrogens is 170 g/mol. The third-order valence-corrected chi connectivity index (χ3v) is 1.78. The van der Waals surface area contributed by atoms with Crippen molar-refractivity contribution < 1.29 is 14.9 Å². The van der Waals surface area contributed by atoms with Crippen LogP contribution >= 0.6 is 0 Å². The fraction of sp³-hybridized carbons (Fsp3) is 0.333. The van der Waals surface area contributed by atoms with Crippen LogP contribution in [0.5, 0.6) is 11.5 Å². The van der Waals surface area contributed by atoms with Gasteiger partial charge < -0.3 is 20.7 Å². The molecule has 0 saturated carbocycles. The summed E-state index contributed by atoms with van der Waals surface area (Å²) in [5.41, 5.74) is 5.99. The van der Waals surface area contributed by atoms with Crippen LogP contribution in [0.4, 0.5) is 0 Å². The molecule has 72 valence electrons. The molecule has 4 nitrogen and oxygen atoms in total. The average Bonchev–Trinajstić information content (AvgIpc) is 2.04. The van der Waals surface area contributed by atoms with Crippen LogP contribution in [0.25, 0.3) is 0 Å². The molecule has 1 aromatic carbocycles. The highest BCUT2D eigenvalue weighted by Gasteiger charge is 2.14. The lowest BCUT2D eigenvalue weighted by Crippen LogP contribution is -2.16. The third kappa shape index (κ3) is 2.11. The molecule has 0 radical (unpaired) electrons. The molecule has 0 bridgehead atoms. The van der Waals surface area contributed by atoms with Crippen LogP contribution in [0.15, 0.2) is 18.2 Å². The quantitative estimate of drug-likeness (QED) is 0.646. The van der Waals surface area contributed by atoms with Crippen molar-refractivity contribution in [3.05, 3.63) is 23.8 Å². The Labute approximate surface area is 76.6 Å². The van der Waals surface area contributed by atoms with E-state index in [2.05, 4.69) is 0 Å². The SMILES string of the molecule is COCC(N)c1c(O)cccc1O. The van der Waals surface area contributed by atoms with Gasteiger partial charge in [0.25, 0.3) is 0 Å². The highest BCUT2D eigenvalue weighted by atomic mass is 16.5. The lowest BCUT2D eigenvalue weighted by molar-refractivity contribution is 0.178. The summed E-state index contributed by atoms with van der Waals surface area (Å²) in [5.74, 6) is -0.0194. The van der Waals surface area contributed by atoms with E-state index in [0.717, 1.165) is 0 Å². The Balaban J connectivity index is 2.98. The number of methoxy groups -OCH3 is 1. The van der Waals surface area contributed by atoms with E-state index in [1.165, 1.54) is 19.2 Å². The zero-order valence-corrected chi connectivity index (χ0v) is 7.40. The van der Waals surface area contributed by atoms with Gasteiger partial charge in [-0.25, -0.2) is 0 Å². The standard InChI is InChI=1S/C9H13NO3/c1-13-5-6(10)9-7(11)3-2-4-8(9)12/h2-4,6,11-12H,5,10H2,1H3. The fourth-order valence-electron chi connectivity index (χ4n) is 1.18. The van der Waals surface area contributed by atoms with Crippen molar-refractivity contribution in [2.45, 2.75) is 6.04 Å². The molecule has 0 aliphatic carbocycles. The van der Waals surface area contributed by atoms with Gasteiger partial charge in [0, 0.05) is 7.11 Å². The van der Waals surface area contributed by atoms with E-state index in [-0.39, 0.29) is 18.1 Å². The summed E-state index contributed by atoms with van der Waals surface area (Å²) in [6.07, 6.45) is 0. The predicted molar refractivity (Wildman–Crippen MR) is 48.6 cm³/mol. The Morgan fingerprint density at radius 3 is 2.38 bits per heavy atom. The zero-order valence-electron chi connectivity index (χ0n) is 7.40. The van der Waals surface area contributed by atoms with Gasteiger partial charge in [-0.3, -0.25) is 0 Å². The molecule has 0 aliphatic rings. The maximum absolute atomic E-state index is 9.39. The van der Waals surface area contributed by atoms with Gasteiger partial charge >= 0.3 is 0 Å². The smallest absolute Gasteiger partial charge is 0.124 e. The van der Waals surface area contributed by atoms with Gasteiger partial charge in [-0.2, -0.15) is 0 Å². The van der Waals surface area contributed by atoms with Gasteiger partial charge in [-0.05, 0) is 12.1 Å². The Bertz CT molecular complexity index is 268. The lowest BCUT2D eigenvalue weighted by atomic mass is 10.1. The zero-order chi connectivity index (χ0) is 9.84. The summed E-state index contributed by atoms with van der Waals surface area (Å²) in [4.78, 5) is 0. The molecule has 0 fully saturated rings. The second-order valence-electron chi connectivity index (χ2n) is 2.77. The molecule has 4 N–H and O–H groups in total. The van der Waals surface area contributed by atoms with Crippen LogP contribution in [0.1, 0.15) is 11.6 Å². The van der Waals surface area contributed by atoms with Crippen molar-refractivity contribution in [3.8, 4) is 11.5 Å². The number of nitrogens with two attached hydrogens (primary N) is 1. The average molecular weight is 183 g/mol. The maximum atomic E-state index is 9.39. The van der Waals surface area contributed by atoms with E-state index in [1.54, 1.807) is 6.07 Å². The number of hydrogen-bond donors (Lipinski definition) is 3.